The van der Waals surface area contributed by atoms with Gasteiger partial charge in [0.05, 0.1) is 18.8 Å². The average molecular weight is 370 g/mol. The molecule has 0 saturated carbocycles. The first-order valence-corrected chi connectivity index (χ1v) is 9.05. The third kappa shape index (κ3) is 3.19. The Kier molecular flexibility index (Phi) is 4.61. The number of esters is 1. The second kappa shape index (κ2) is 7.08. The molecule has 3 heterocycles. The van der Waals surface area contributed by atoms with Crippen LogP contribution in [-0.4, -0.2) is 43.1 Å². The summed E-state index contributed by atoms with van der Waals surface area (Å²) in [5.41, 5.74) is 1.71. The summed E-state index contributed by atoms with van der Waals surface area (Å²) in [5, 5.41) is 3.37. The Morgan fingerprint density at radius 1 is 1.37 bits per heavy atom. The molecule has 0 aliphatic carbocycles. The summed E-state index contributed by atoms with van der Waals surface area (Å²) >= 11 is 0. The van der Waals surface area contributed by atoms with Crippen LogP contribution in [0.5, 0.6) is 0 Å². The van der Waals surface area contributed by atoms with Gasteiger partial charge in [0.15, 0.2) is 6.17 Å². The number of methoxy groups -OCH3 is 1. The first kappa shape index (κ1) is 17.6. The highest BCUT2D eigenvalue weighted by Gasteiger charge is 2.37. The lowest BCUT2D eigenvalue weighted by atomic mass is 10.1. The maximum absolute atomic E-state index is 13.2. The topological polar surface area (TPSA) is 81.0 Å². The van der Waals surface area contributed by atoms with Crippen LogP contribution in [0, 0.1) is 6.92 Å². The Hall–Kier alpha value is -2.80. The predicted octanol–water partition coefficient (Wildman–Crippen LogP) is 3.12. The van der Waals surface area contributed by atoms with E-state index in [0.717, 1.165) is 18.5 Å². The summed E-state index contributed by atoms with van der Waals surface area (Å²) in [6.07, 6.45) is 1.39. The molecule has 1 aromatic heterocycles. The second-order valence-electron chi connectivity index (χ2n) is 6.80. The fourth-order valence-corrected chi connectivity index (χ4v) is 3.67. The molecule has 2 aromatic rings. The zero-order valence-corrected chi connectivity index (χ0v) is 15.4. The predicted molar refractivity (Wildman–Crippen MR) is 97.6 cm³/mol. The standard InChI is InChI=1S/C20H22N2O5/c1-12-15(20(24)25-2)10-17(27-12)18-21-16-8-4-3-7-14(16)19(23)22(18)11-13-6-5-9-26-13/h3-4,7-8,10,13,18,21H,5-6,9,11H2,1-2H3/t13-,18-/m1/s1. The number of rotatable bonds is 4. The van der Waals surface area contributed by atoms with Gasteiger partial charge < -0.3 is 24.1 Å². The zero-order chi connectivity index (χ0) is 19.0. The van der Waals surface area contributed by atoms with Crippen molar-refractivity contribution >= 4 is 17.6 Å². The third-order valence-electron chi connectivity index (χ3n) is 5.06. The molecule has 1 N–H and O–H groups in total. The van der Waals surface area contributed by atoms with Crippen LogP contribution in [0.3, 0.4) is 0 Å². The van der Waals surface area contributed by atoms with Crippen molar-refractivity contribution in [1.29, 1.82) is 0 Å². The van der Waals surface area contributed by atoms with Gasteiger partial charge in [-0.1, -0.05) is 12.1 Å². The lowest BCUT2D eigenvalue weighted by molar-refractivity contribution is 0.0401. The lowest BCUT2D eigenvalue weighted by Crippen LogP contribution is -2.46. The molecule has 7 heteroatoms. The molecule has 142 valence electrons. The van der Waals surface area contributed by atoms with Gasteiger partial charge in [-0.3, -0.25) is 4.79 Å². The summed E-state index contributed by atoms with van der Waals surface area (Å²) in [7, 11) is 1.33. The number of nitrogens with zero attached hydrogens (tertiary/aromatic N) is 1. The molecule has 4 rings (SSSR count). The van der Waals surface area contributed by atoms with Crippen LogP contribution in [0.25, 0.3) is 0 Å². The molecule has 0 radical (unpaired) electrons. The normalized spacial score (nSPS) is 21.7. The highest BCUT2D eigenvalue weighted by Crippen LogP contribution is 2.35. The van der Waals surface area contributed by atoms with E-state index in [9.17, 15) is 9.59 Å². The molecule has 1 aromatic carbocycles. The molecular formula is C20H22N2O5. The molecule has 7 nitrogen and oxygen atoms in total. The maximum atomic E-state index is 13.2. The number of fused-ring (bicyclic) bond motifs is 1. The van der Waals surface area contributed by atoms with Crippen molar-refractivity contribution in [3.63, 3.8) is 0 Å². The zero-order valence-electron chi connectivity index (χ0n) is 15.4. The number of carbonyl (C=O) groups excluding carboxylic acids is 2. The summed E-state index contributed by atoms with van der Waals surface area (Å²) < 4.78 is 16.4. The van der Waals surface area contributed by atoms with E-state index in [1.54, 1.807) is 24.0 Å². The third-order valence-corrected chi connectivity index (χ3v) is 5.06. The van der Waals surface area contributed by atoms with E-state index < -0.39 is 12.1 Å². The van der Waals surface area contributed by atoms with E-state index in [1.807, 2.05) is 18.2 Å². The van der Waals surface area contributed by atoms with Gasteiger partial charge >= 0.3 is 5.97 Å². The minimum atomic E-state index is -0.520. The number of amides is 1. The van der Waals surface area contributed by atoms with Crippen LogP contribution in [0.1, 0.15) is 51.2 Å². The molecule has 1 fully saturated rings. The summed E-state index contributed by atoms with van der Waals surface area (Å²) in [6.45, 7) is 2.88. The number of aryl methyl sites for hydroxylation is 1. The van der Waals surface area contributed by atoms with Gasteiger partial charge in [-0.05, 0) is 38.0 Å². The minimum absolute atomic E-state index is 0.000325. The number of furan rings is 1. The van der Waals surface area contributed by atoms with Gasteiger partial charge in [-0.25, -0.2) is 4.79 Å². The Bertz CT molecular complexity index is 869. The van der Waals surface area contributed by atoms with Gasteiger partial charge in [0.25, 0.3) is 5.91 Å². The summed E-state index contributed by atoms with van der Waals surface area (Å²) in [5.74, 6) is 0.407. The molecule has 2 atom stereocenters. The van der Waals surface area contributed by atoms with Crippen molar-refractivity contribution in [2.45, 2.75) is 32.0 Å². The Morgan fingerprint density at radius 2 is 2.19 bits per heavy atom. The van der Waals surface area contributed by atoms with Gasteiger partial charge in [-0.2, -0.15) is 0 Å². The highest BCUT2D eigenvalue weighted by molar-refractivity contribution is 6.01. The van der Waals surface area contributed by atoms with E-state index in [2.05, 4.69) is 5.32 Å². The largest absolute Gasteiger partial charge is 0.465 e. The SMILES string of the molecule is COC(=O)c1cc([C@@H]2Nc3ccccc3C(=O)N2C[C@H]2CCCO2)oc1C. The van der Waals surface area contributed by atoms with E-state index in [0.29, 0.717) is 35.8 Å². The second-order valence-corrected chi connectivity index (χ2v) is 6.80. The van der Waals surface area contributed by atoms with Gasteiger partial charge in [0.1, 0.15) is 17.1 Å². The van der Waals surface area contributed by atoms with E-state index >= 15 is 0 Å². The van der Waals surface area contributed by atoms with Crippen molar-refractivity contribution in [1.82, 2.24) is 4.90 Å². The quantitative estimate of drug-likeness (QED) is 0.833. The molecule has 0 unspecified atom stereocenters. The van der Waals surface area contributed by atoms with Crippen molar-refractivity contribution in [2.75, 3.05) is 25.6 Å². The van der Waals surface area contributed by atoms with E-state index in [4.69, 9.17) is 13.9 Å². The fraction of sp³-hybridized carbons (Fsp3) is 0.400. The van der Waals surface area contributed by atoms with E-state index in [-0.39, 0.29) is 12.0 Å². The fourth-order valence-electron chi connectivity index (χ4n) is 3.67. The van der Waals surface area contributed by atoms with Crippen molar-refractivity contribution < 1.29 is 23.5 Å². The number of carbonyl (C=O) groups is 2. The number of hydrogen-bond acceptors (Lipinski definition) is 6. The van der Waals surface area contributed by atoms with Crippen LogP contribution >= 0.6 is 0 Å². The van der Waals surface area contributed by atoms with Gasteiger partial charge in [0.2, 0.25) is 0 Å². The molecule has 0 bridgehead atoms. The molecule has 1 amide bonds. The monoisotopic (exact) mass is 370 g/mol. The number of benzene rings is 1. The molecule has 2 aliphatic heterocycles. The Balaban J connectivity index is 1.71. The van der Waals surface area contributed by atoms with Crippen molar-refractivity contribution in [3.8, 4) is 0 Å². The van der Waals surface area contributed by atoms with Gasteiger partial charge in [-0.15, -0.1) is 0 Å². The molecule has 27 heavy (non-hydrogen) atoms. The number of hydrogen-bond donors (Lipinski definition) is 1. The van der Waals surface area contributed by atoms with Gasteiger partial charge in [0, 0.05) is 18.8 Å². The van der Waals surface area contributed by atoms with Crippen LogP contribution < -0.4 is 5.32 Å². The molecule has 2 aliphatic rings. The first-order valence-electron chi connectivity index (χ1n) is 9.05. The Morgan fingerprint density at radius 3 is 2.93 bits per heavy atom. The van der Waals surface area contributed by atoms with Crippen LogP contribution in [0.4, 0.5) is 5.69 Å². The lowest BCUT2D eigenvalue weighted by Gasteiger charge is -2.37. The van der Waals surface area contributed by atoms with E-state index in [1.165, 1.54) is 7.11 Å². The minimum Gasteiger partial charge on any atom is -0.465 e. The smallest absolute Gasteiger partial charge is 0.341 e. The van der Waals surface area contributed by atoms with Crippen molar-refractivity contribution in [3.05, 3.63) is 53.0 Å². The maximum Gasteiger partial charge on any atom is 0.341 e. The number of anilines is 1. The number of para-hydroxylation sites is 1. The molecule has 0 spiro atoms. The average Bonchev–Trinajstić information content (AvgIpc) is 3.33. The van der Waals surface area contributed by atoms with Crippen LogP contribution in [0.15, 0.2) is 34.7 Å². The summed E-state index contributed by atoms with van der Waals surface area (Å²) in [6, 6.07) is 9.02. The first-order chi connectivity index (χ1) is 13.1. The molecule has 1 saturated heterocycles. The number of nitrogens with one attached hydrogen (secondary N) is 1. The van der Waals surface area contributed by atoms with Crippen LogP contribution in [-0.2, 0) is 9.47 Å². The van der Waals surface area contributed by atoms with Crippen molar-refractivity contribution in [2.24, 2.45) is 0 Å². The summed E-state index contributed by atoms with van der Waals surface area (Å²) in [4.78, 5) is 26.8. The highest BCUT2D eigenvalue weighted by atomic mass is 16.5. The molecular weight excluding hydrogens is 348 g/mol. The number of ether oxygens (including phenoxy) is 2. The van der Waals surface area contributed by atoms with Crippen LogP contribution in [0.2, 0.25) is 0 Å². The Labute approximate surface area is 157 Å².